The van der Waals surface area contributed by atoms with E-state index in [2.05, 4.69) is 41.3 Å². The van der Waals surface area contributed by atoms with Crippen molar-refractivity contribution in [2.75, 3.05) is 0 Å². The Hall–Kier alpha value is -1.35. The average molecular weight is 464 g/mol. The lowest BCUT2D eigenvalue weighted by molar-refractivity contribution is -0.0523. The largest absolute Gasteiger partial charge is 0.435 e. The van der Waals surface area contributed by atoms with Gasteiger partial charge in [0.15, 0.2) is 11.6 Å². The maximum Gasteiger partial charge on any atom is 0.387 e. The van der Waals surface area contributed by atoms with Crippen LogP contribution in [0.25, 0.3) is 0 Å². The number of rotatable bonds is 4. The smallest absolute Gasteiger partial charge is 0.387 e. The molecule has 0 aliphatic heterocycles. The standard InChI is InChI=1S/C7H4BrF3O.C7H5BrF2O/c8-4-1-2-6(5(9)3-4)12-7(10)11;8-5-1-3-6(4-2-5)11-7(9)10/h1-3,7H;1-4,7H. The van der Waals surface area contributed by atoms with Gasteiger partial charge < -0.3 is 9.47 Å². The quantitative estimate of drug-likeness (QED) is 0.499. The van der Waals surface area contributed by atoms with Crippen molar-refractivity contribution in [1.29, 1.82) is 0 Å². The first kappa shape index (κ1) is 19.7. The second kappa shape index (κ2) is 9.71. The molecule has 0 aliphatic carbocycles. The lowest BCUT2D eigenvalue weighted by atomic mass is 10.3. The van der Waals surface area contributed by atoms with Crippen molar-refractivity contribution >= 4 is 31.9 Å². The van der Waals surface area contributed by atoms with Crippen LogP contribution in [0.15, 0.2) is 51.4 Å². The van der Waals surface area contributed by atoms with Gasteiger partial charge >= 0.3 is 13.2 Å². The maximum absolute atomic E-state index is 12.7. The van der Waals surface area contributed by atoms with Gasteiger partial charge in [0.1, 0.15) is 5.75 Å². The van der Waals surface area contributed by atoms with Crippen LogP contribution in [-0.2, 0) is 0 Å². The molecule has 9 heteroatoms. The average Bonchev–Trinajstić information content (AvgIpc) is 2.44. The van der Waals surface area contributed by atoms with E-state index in [1.807, 2.05) is 0 Å². The van der Waals surface area contributed by atoms with E-state index in [1.165, 1.54) is 18.2 Å². The number of hydrogen-bond acceptors (Lipinski definition) is 2. The molecule has 2 rings (SSSR count). The summed E-state index contributed by atoms with van der Waals surface area (Å²) in [6.45, 7) is -5.75. The third-order valence-electron chi connectivity index (χ3n) is 2.15. The van der Waals surface area contributed by atoms with E-state index in [0.29, 0.717) is 4.47 Å². The van der Waals surface area contributed by atoms with Crippen LogP contribution >= 0.6 is 31.9 Å². The summed E-state index contributed by atoms with van der Waals surface area (Å²) in [5.74, 6) is -1.10. The summed E-state index contributed by atoms with van der Waals surface area (Å²) in [5.41, 5.74) is 0. The molecule has 0 heterocycles. The zero-order valence-electron chi connectivity index (χ0n) is 11.2. The summed E-state index contributed by atoms with van der Waals surface area (Å²) in [7, 11) is 0. The maximum atomic E-state index is 12.7. The fraction of sp³-hybridized carbons (Fsp3) is 0.143. The third-order valence-corrected chi connectivity index (χ3v) is 3.17. The molecular formula is C14H9Br2F5O2. The Kier molecular flexibility index (Phi) is 8.32. The van der Waals surface area contributed by atoms with Crippen molar-refractivity contribution in [1.82, 2.24) is 0 Å². The van der Waals surface area contributed by atoms with Gasteiger partial charge in [-0.05, 0) is 42.5 Å². The zero-order valence-corrected chi connectivity index (χ0v) is 14.3. The van der Waals surface area contributed by atoms with Crippen LogP contribution in [0.1, 0.15) is 0 Å². The molecule has 0 radical (unpaired) electrons. The van der Waals surface area contributed by atoms with Crippen LogP contribution in [0.3, 0.4) is 0 Å². The summed E-state index contributed by atoms with van der Waals surface area (Å²) in [4.78, 5) is 0. The minimum absolute atomic E-state index is 0.170. The summed E-state index contributed by atoms with van der Waals surface area (Å²) >= 11 is 6.15. The van der Waals surface area contributed by atoms with Gasteiger partial charge in [0.05, 0.1) is 0 Å². The summed E-state index contributed by atoms with van der Waals surface area (Å²) < 4.78 is 68.4. The Labute approximate surface area is 145 Å². The van der Waals surface area contributed by atoms with Crippen LogP contribution < -0.4 is 9.47 Å². The topological polar surface area (TPSA) is 18.5 Å². The van der Waals surface area contributed by atoms with E-state index in [1.54, 1.807) is 12.1 Å². The van der Waals surface area contributed by atoms with E-state index in [4.69, 9.17) is 0 Å². The molecule has 2 aromatic carbocycles. The molecule has 0 amide bonds. The first-order valence-electron chi connectivity index (χ1n) is 5.88. The van der Waals surface area contributed by atoms with Crippen LogP contribution in [0, 0.1) is 5.82 Å². The second-order valence-electron chi connectivity index (χ2n) is 3.79. The molecule has 0 unspecified atom stereocenters. The minimum atomic E-state index is -3.00. The van der Waals surface area contributed by atoms with Crippen LogP contribution in [0.2, 0.25) is 0 Å². The van der Waals surface area contributed by atoms with Gasteiger partial charge in [0.25, 0.3) is 0 Å². The van der Waals surface area contributed by atoms with Crippen molar-refractivity contribution in [2.45, 2.75) is 13.2 Å². The number of ether oxygens (including phenoxy) is 2. The normalized spacial score (nSPS) is 10.3. The molecule has 0 aliphatic rings. The molecule has 0 bridgehead atoms. The van der Waals surface area contributed by atoms with Crippen molar-refractivity contribution in [2.24, 2.45) is 0 Å². The summed E-state index contributed by atoms with van der Waals surface area (Å²) in [6, 6.07) is 9.81. The molecule has 0 fully saturated rings. The van der Waals surface area contributed by atoms with E-state index in [9.17, 15) is 22.0 Å². The van der Waals surface area contributed by atoms with E-state index < -0.39 is 24.8 Å². The fourth-order valence-corrected chi connectivity index (χ4v) is 1.88. The van der Waals surface area contributed by atoms with Crippen LogP contribution in [0.4, 0.5) is 22.0 Å². The SMILES string of the molecule is FC(F)Oc1ccc(Br)cc1.Fc1cc(Br)ccc1OC(F)F. The van der Waals surface area contributed by atoms with Gasteiger partial charge in [-0.3, -0.25) is 0 Å². The van der Waals surface area contributed by atoms with Crippen LogP contribution in [0.5, 0.6) is 11.5 Å². The van der Waals surface area contributed by atoms with Crippen molar-refractivity contribution < 1.29 is 31.4 Å². The number of halogens is 7. The highest BCUT2D eigenvalue weighted by Gasteiger charge is 2.09. The molecule has 2 aromatic rings. The first-order chi connectivity index (χ1) is 10.8. The monoisotopic (exact) mass is 462 g/mol. The van der Waals surface area contributed by atoms with Gasteiger partial charge in [-0.25, -0.2) is 4.39 Å². The zero-order chi connectivity index (χ0) is 17.4. The lowest BCUT2D eigenvalue weighted by Crippen LogP contribution is -2.03. The van der Waals surface area contributed by atoms with Crippen molar-refractivity contribution in [3.8, 4) is 11.5 Å². The molecule has 0 saturated carbocycles. The number of alkyl halides is 4. The Morgan fingerprint density at radius 3 is 1.74 bits per heavy atom. The molecule has 0 spiro atoms. The minimum Gasteiger partial charge on any atom is -0.435 e. The summed E-state index contributed by atoms with van der Waals surface area (Å²) in [5, 5.41) is 0. The van der Waals surface area contributed by atoms with Gasteiger partial charge in [0.2, 0.25) is 0 Å². The molecule has 126 valence electrons. The Morgan fingerprint density at radius 2 is 1.26 bits per heavy atom. The molecule has 0 aromatic heterocycles. The Morgan fingerprint density at radius 1 is 0.739 bits per heavy atom. The third kappa shape index (κ3) is 8.17. The molecule has 2 nitrogen and oxygen atoms in total. The lowest BCUT2D eigenvalue weighted by Gasteiger charge is -2.04. The predicted molar refractivity (Wildman–Crippen MR) is 81.5 cm³/mol. The highest BCUT2D eigenvalue weighted by molar-refractivity contribution is 9.10. The molecule has 23 heavy (non-hydrogen) atoms. The predicted octanol–water partition coefficient (Wildman–Crippen LogP) is 6.24. The van der Waals surface area contributed by atoms with E-state index in [-0.39, 0.29) is 5.75 Å². The summed E-state index contributed by atoms with van der Waals surface area (Å²) in [6.07, 6.45) is 0. The fourth-order valence-electron chi connectivity index (χ4n) is 1.28. The van der Waals surface area contributed by atoms with Crippen molar-refractivity contribution in [3.05, 3.63) is 57.2 Å². The molecule has 0 saturated heterocycles. The number of benzene rings is 2. The molecule has 0 N–H and O–H groups in total. The second-order valence-corrected chi connectivity index (χ2v) is 5.62. The molecule has 0 atom stereocenters. The van der Waals surface area contributed by atoms with Gasteiger partial charge in [-0.1, -0.05) is 31.9 Å². The highest BCUT2D eigenvalue weighted by atomic mass is 79.9. The van der Waals surface area contributed by atoms with Crippen LogP contribution in [-0.4, -0.2) is 13.2 Å². The first-order valence-corrected chi connectivity index (χ1v) is 7.46. The Balaban J connectivity index is 0.000000231. The molecular weight excluding hydrogens is 455 g/mol. The number of hydrogen-bond donors (Lipinski definition) is 0. The van der Waals surface area contributed by atoms with Gasteiger partial charge in [-0.2, -0.15) is 17.6 Å². The highest BCUT2D eigenvalue weighted by Crippen LogP contribution is 2.22. The van der Waals surface area contributed by atoms with E-state index >= 15 is 0 Å². The van der Waals surface area contributed by atoms with Gasteiger partial charge in [-0.15, -0.1) is 0 Å². The van der Waals surface area contributed by atoms with Crippen molar-refractivity contribution in [3.63, 3.8) is 0 Å². The van der Waals surface area contributed by atoms with Gasteiger partial charge in [0, 0.05) is 8.95 Å². The van der Waals surface area contributed by atoms with E-state index in [0.717, 1.165) is 16.6 Å². The Bertz CT molecular complexity index is 609.